The van der Waals surface area contributed by atoms with E-state index >= 15 is 0 Å². The van der Waals surface area contributed by atoms with Gasteiger partial charge in [-0.3, -0.25) is 4.98 Å². The van der Waals surface area contributed by atoms with Crippen LogP contribution in [0.15, 0.2) is 66.9 Å². The first-order chi connectivity index (χ1) is 9.33. The van der Waals surface area contributed by atoms with Crippen molar-refractivity contribution in [2.75, 3.05) is 0 Å². The molecule has 19 heavy (non-hydrogen) atoms. The summed E-state index contributed by atoms with van der Waals surface area (Å²) in [4.78, 5) is 8.64. The maximum Gasteiger partial charge on any atom is 0.130 e. The van der Waals surface area contributed by atoms with Gasteiger partial charge in [0, 0.05) is 6.20 Å². The van der Waals surface area contributed by atoms with Crippen molar-refractivity contribution in [3.63, 3.8) is 0 Å². The molecule has 0 N–H and O–H groups in total. The molecule has 2 aromatic heterocycles. The molecule has 0 saturated carbocycles. The minimum Gasteiger partial charge on any atom is -0.255 e. The molecule has 0 aliphatic carbocycles. The first-order valence-corrected chi connectivity index (χ1v) is 6.35. The van der Waals surface area contributed by atoms with E-state index in [-0.39, 0.29) is 0 Å². The average Bonchev–Trinajstić information content (AvgIpc) is 2.48. The maximum atomic E-state index is 6.11. The van der Waals surface area contributed by atoms with E-state index in [4.69, 9.17) is 11.6 Å². The summed E-state index contributed by atoms with van der Waals surface area (Å²) < 4.78 is 0. The number of rotatable bonds is 2. The number of aromatic nitrogens is 2. The molecule has 3 rings (SSSR count). The van der Waals surface area contributed by atoms with Crippen LogP contribution in [0.5, 0.6) is 0 Å². The average molecular weight is 267 g/mol. The highest BCUT2D eigenvalue weighted by molar-refractivity contribution is 6.29. The van der Waals surface area contributed by atoms with Gasteiger partial charge in [0.05, 0.1) is 11.4 Å². The van der Waals surface area contributed by atoms with E-state index in [0.29, 0.717) is 5.15 Å². The van der Waals surface area contributed by atoms with Crippen molar-refractivity contribution < 1.29 is 0 Å². The summed E-state index contributed by atoms with van der Waals surface area (Å²) in [5.41, 5.74) is 3.76. The molecule has 0 aliphatic heterocycles. The molecule has 0 spiro atoms. The third kappa shape index (κ3) is 2.64. The minimum absolute atomic E-state index is 0.474. The van der Waals surface area contributed by atoms with Crippen LogP contribution < -0.4 is 0 Å². The van der Waals surface area contributed by atoms with Crippen molar-refractivity contribution in [3.05, 3.63) is 72.0 Å². The molecule has 0 radical (unpaired) electrons. The zero-order valence-corrected chi connectivity index (χ0v) is 10.9. The van der Waals surface area contributed by atoms with Crippen molar-refractivity contribution >= 4 is 11.6 Å². The summed E-state index contributed by atoms with van der Waals surface area (Å²) in [7, 11) is 0. The topological polar surface area (TPSA) is 25.8 Å². The number of benzene rings is 1. The van der Waals surface area contributed by atoms with E-state index in [0.717, 1.165) is 22.5 Å². The fourth-order valence-corrected chi connectivity index (χ4v) is 2.15. The van der Waals surface area contributed by atoms with Gasteiger partial charge in [-0.25, -0.2) is 4.98 Å². The lowest BCUT2D eigenvalue weighted by Crippen LogP contribution is -1.89. The monoisotopic (exact) mass is 266 g/mol. The second kappa shape index (κ2) is 5.21. The van der Waals surface area contributed by atoms with Crippen molar-refractivity contribution in [2.45, 2.75) is 0 Å². The van der Waals surface area contributed by atoms with Crippen LogP contribution in [-0.2, 0) is 0 Å². The molecule has 92 valence electrons. The number of pyridine rings is 2. The van der Waals surface area contributed by atoms with Gasteiger partial charge in [-0.15, -0.1) is 0 Å². The molecule has 0 aliphatic rings. The van der Waals surface area contributed by atoms with Crippen molar-refractivity contribution in [1.29, 1.82) is 0 Å². The molecule has 0 amide bonds. The second-order valence-electron chi connectivity index (χ2n) is 4.14. The predicted molar refractivity (Wildman–Crippen MR) is 77.9 cm³/mol. The number of nitrogens with zero attached hydrogens (tertiary/aromatic N) is 2. The quantitative estimate of drug-likeness (QED) is 0.640. The number of hydrogen-bond acceptors (Lipinski definition) is 2. The highest BCUT2D eigenvalue weighted by Crippen LogP contribution is 2.26. The van der Waals surface area contributed by atoms with Gasteiger partial charge in [0.2, 0.25) is 0 Å². The van der Waals surface area contributed by atoms with Gasteiger partial charge in [-0.05, 0) is 35.4 Å². The van der Waals surface area contributed by atoms with Crippen LogP contribution >= 0.6 is 11.6 Å². The fraction of sp³-hybridized carbons (Fsp3) is 0. The van der Waals surface area contributed by atoms with Gasteiger partial charge >= 0.3 is 0 Å². The SMILES string of the molecule is Clc1cc(-c2ccccc2)cc(-c2ccccn2)n1. The summed E-state index contributed by atoms with van der Waals surface area (Å²) in [6.07, 6.45) is 1.75. The van der Waals surface area contributed by atoms with Gasteiger partial charge in [-0.1, -0.05) is 48.0 Å². The zero-order chi connectivity index (χ0) is 13.1. The van der Waals surface area contributed by atoms with E-state index in [9.17, 15) is 0 Å². The third-order valence-corrected chi connectivity index (χ3v) is 3.02. The fourth-order valence-electron chi connectivity index (χ4n) is 1.94. The summed E-state index contributed by atoms with van der Waals surface area (Å²) in [5.74, 6) is 0. The highest BCUT2D eigenvalue weighted by Gasteiger charge is 2.06. The summed E-state index contributed by atoms with van der Waals surface area (Å²) in [5, 5.41) is 0.474. The molecular formula is C16H11ClN2. The van der Waals surface area contributed by atoms with Gasteiger partial charge in [-0.2, -0.15) is 0 Å². The van der Waals surface area contributed by atoms with Gasteiger partial charge < -0.3 is 0 Å². The Bertz CT molecular complexity index is 624. The predicted octanol–water partition coefficient (Wildman–Crippen LogP) is 4.46. The standard InChI is InChI=1S/C16H11ClN2/c17-16-11-13(12-6-2-1-3-7-12)10-15(19-16)14-8-4-5-9-18-14/h1-11H. The molecule has 0 atom stereocenters. The van der Waals surface area contributed by atoms with Crippen molar-refractivity contribution in [1.82, 2.24) is 9.97 Å². The van der Waals surface area contributed by atoms with Gasteiger partial charge in [0.1, 0.15) is 5.15 Å². The molecule has 0 saturated heterocycles. The Morgan fingerprint density at radius 2 is 1.53 bits per heavy atom. The van der Waals surface area contributed by atoms with E-state index < -0.39 is 0 Å². The smallest absolute Gasteiger partial charge is 0.130 e. The first-order valence-electron chi connectivity index (χ1n) is 5.97. The maximum absolute atomic E-state index is 6.11. The second-order valence-corrected chi connectivity index (χ2v) is 4.53. The zero-order valence-electron chi connectivity index (χ0n) is 10.1. The molecule has 3 aromatic rings. The summed E-state index contributed by atoms with van der Waals surface area (Å²) >= 11 is 6.11. The Labute approximate surface area is 116 Å². The highest BCUT2D eigenvalue weighted by atomic mass is 35.5. The molecule has 0 bridgehead atoms. The lowest BCUT2D eigenvalue weighted by molar-refractivity contribution is 1.25. The van der Waals surface area contributed by atoms with Crippen molar-refractivity contribution in [2.24, 2.45) is 0 Å². The molecule has 2 nitrogen and oxygen atoms in total. The molecular weight excluding hydrogens is 256 g/mol. The van der Waals surface area contributed by atoms with Gasteiger partial charge in [0.25, 0.3) is 0 Å². The van der Waals surface area contributed by atoms with E-state index in [1.807, 2.05) is 60.7 Å². The largest absolute Gasteiger partial charge is 0.255 e. The normalized spacial score (nSPS) is 10.4. The van der Waals surface area contributed by atoms with E-state index in [2.05, 4.69) is 9.97 Å². The van der Waals surface area contributed by atoms with Crippen LogP contribution in [0.4, 0.5) is 0 Å². The Hall–Kier alpha value is -2.19. The minimum atomic E-state index is 0.474. The number of halogens is 1. The third-order valence-electron chi connectivity index (χ3n) is 2.83. The Morgan fingerprint density at radius 3 is 2.26 bits per heavy atom. The molecule has 3 heteroatoms. The van der Waals surface area contributed by atoms with Crippen LogP contribution in [-0.4, -0.2) is 9.97 Å². The van der Waals surface area contributed by atoms with E-state index in [1.165, 1.54) is 0 Å². The Kier molecular flexibility index (Phi) is 3.25. The lowest BCUT2D eigenvalue weighted by Gasteiger charge is -2.06. The Morgan fingerprint density at radius 1 is 0.737 bits per heavy atom. The van der Waals surface area contributed by atoms with Crippen LogP contribution in [0.3, 0.4) is 0 Å². The van der Waals surface area contributed by atoms with E-state index in [1.54, 1.807) is 6.20 Å². The lowest BCUT2D eigenvalue weighted by atomic mass is 10.1. The molecule has 2 heterocycles. The van der Waals surface area contributed by atoms with Crippen LogP contribution in [0.2, 0.25) is 5.15 Å². The van der Waals surface area contributed by atoms with Crippen LogP contribution in [0.25, 0.3) is 22.5 Å². The van der Waals surface area contributed by atoms with Crippen LogP contribution in [0, 0.1) is 0 Å². The van der Waals surface area contributed by atoms with Crippen molar-refractivity contribution in [3.8, 4) is 22.5 Å². The summed E-state index contributed by atoms with van der Waals surface area (Å²) in [6.45, 7) is 0. The first kappa shape index (κ1) is 11.9. The summed E-state index contributed by atoms with van der Waals surface area (Å²) in [6, 6.07) is 19.7. The molecule has 0 fully saturated rings. The molecule has 0 unspecified atom stereocenters. The Balaban J connectivity index is 2.12. The van der Waals surface area contributed by atoms with Crippen LogP contribution in [0.1, 0.15) is 0 Å². The number of hydrogen-bond donors (Lipinski definition) is 0. The molecule has 1 aromatic carbocycles. The van der Waals surface area contributed by atoms with Gasteiger partial charge in [0.15, 0.2) is 0 Å².